The maximum absolute atomic E-state index is 4.89. The number of H-pyrrole nitrogens is 2. The summed E-state index contributed by atoms with van der Waals surface area (Å²) in [5, 5.41) is 7.57. The molecule has 6 rings (SSSR count). The molecule has 1 aliphatic heterocycles. The minimum atomic E-state index is 0.688. The summed E-state index contributed by atoms with van der Waals surface area (Å²) >= 11 is 0. The Labute approximate surface area is 172 Å². The van der Waals surface area contributed by atoms with Crippen LogP contribution in [0, 0.1) is 0 Å². The average molecular weight is 396 g/mol. The van der Waals surface area contributed by atoms with Crippen LogP contribution in [0.5, 0.6) is 0 Å². The van der Waals surface area contributed by atoms with Crippen molar-refractivity contribution >= 4 is 27.9 Å². The fraction of sp³-hybridized carbons (Fsp3) is 0.227. The minimum absolute atomic E-state index is 0.688. The van der Waals surface area contributed by atoms with Gasteiger partial charge in [0.2, 0.25) is 0 Å². The highest BCUT2D eigenvalue weighted by Gasteiger charge is 2.20. The van der Waals surface area contributed by atoms with Crippen molar-refractivity contribution in [1.82, 2.24) is 35.1 Å². The number of piperidine rings is 1. The number of pyridine rings is 3. The van der Waals surface area contributed by atoms with Gasteiger partial charge in [-0.3, -0.25) is 10.1 Å². The van der Waals surface area contributed by atoms with Crippen LogP contribution in [0.3, 0.4) is 0 Å². The molecule has 2 N–H and O–H groups in total. The molecule has 0 aliphatic carbocycles. The second-order valence-corrected chi connectivity index (χ2v) is 7.54. The number of imidazole rings is 1. The van der Waals surface area contributed by atoms with Crippen LogP contribution in [-0.2, 0) is 0 Å². The monoisotopic (exact) mass is 396 g/mol. The number of anilines is 1. The first kappa shape index (κ1) is 17.1. The molecule has 5 aromatic rings. The van der Waals surface area contributed by atoms with Crippen LogP contribution < -0.4 is 4.90 Å². The Morgan fingerprint density at radius 1 is 0.767 bits per heavy atom. The first-order valence-electron chi connectivity index (χ1n) is 10.2. The van der Waals surface area contributed by atoms with Gasteiger partial charge in [-0.1, -0.05) is 6.07 Å². The summed E-state index contributed by atoms with van der Waals surface area (Å²) in [5.41, 5.74) is 5.79. The predicted octanol–water partition coefficient (Wildman–Crippen LogP) is 3.95. The van der Waals surface area contributed by atoms with Crippen LogP contribution in [0.15, 0.2) is 48.8 Å². The van der Waals surface area contributed by atoms with Gasteiger partial charge in [-0.2, -0.15) is 5.10 Å². The third kappa shape index (κ3) is 2.80. The van der Waals surface area contributed by atoms with E-state index >= 15 is 0 Å². The molecule has 1 aliphatic rings. The predicted molar refractivity (Wildman–Crippen MR) is 116 cm³/mol. The van der Waals surface area contributed by atoms with Crippen LogP contribution in [0.2, 0.25) is 0 Å². The zero-order valence-corrected chi connectivity index (χ0v) is 16.3. The summed E-state index contributed by atoms with van der Waals surface area (Å²) in [6, 6.07) is 11.7. The Morgan fingerprint density at radius 3 is 2.57 bits per heavy atom. The second kappa shape index (κ2) is 6.91. The van der Waals surface area contributed by atoms with Gasteiger partial charge < -0.3 is 9.88 Å². The Hall–Kier alpha value is -3.81. The van der Waals surface area contributed by atoms with Crippen molar-refractivity contribution in [3.05, 3.63) is 48.8 Å². The molecule has 0 amide bonds. The Bertz CT molecular complexity index is 1330. The number of fused-ring (bicyclic) bond motifs is 2. The Morgan fingerprint density at radius 2 is 1.70 bits per heavy atom. The molecule has 0 unspecified atom stereocenters. The highest BCUT2D eigenvalue weighted by molar-refractivity contribution is 5.93. The molecular formula is C22H20N8. The number of rotatable bonds is 3. The number of hydrogen-bond donors (Lipinski definition) is 2. The summed E-state index contributed by atoms with van der Waals surface area (Å²) in [4.78, 5) is 24.5. The maximum Gasteiger partial charge on any atom is 0.161 e. The molecule has 0 saturated carbocycles. The van der Waals surface area contributed by atoms with Gasteiger partial charge >= 0.3 is 0 Å². The number of hydrogen-bond acceptors (Lipinski definition) is 6. The molecule has 0 radical (unpaired) electrons. The number of nitrogens with one attached hydrogen (secondary N) is 2. The highest BCUT2D eigenvalue weighted by atomic mass is 15.2. The van der Waals surface area contributed by atoms with Crippen molar-refractivity contribution in [1.29, 1.82) is 0 Å². The minimum Gasteiger partial charge on any atom is -0.355 e. The fourth-order valence-electron chi connectivity index (χ4n) is 4.09. The third-order valence-electron chi connectivity index (χ3n) is 5.60. The van der Waals surface area contributed by atoms with Gasteiger partial charge in [-0.05, 0) is 49.6 Å². The summed E-state index contributed by atoms with van der Waals surface area (Å²) < 4.78 is 0. The lowest BCUT2D eigenvalue weighted by Gasteiger charge is -2.27. The molecule has 0 atom stereocenters. The number of aromatic nitrogens is 7. The summed E-state index contributed by atoms with van der Waals surface area (Å²) in [7, 11) is 0. The average Bonchev–Trinajstić information content (AvgIpc) is 3.43. The van der Waals surface area contributed by atoms with E-state index in [4.69, 9.17) is 9.97 Å². The van der Waals surface area contributed by atoms with Crippen LogP contribution in [-0.4, -0.2) is 48.2 Å². The van der Waals surface area contributed by atoms with E-state index < -0.39 is 0 Å². The van der Waals surface area contributed by atoms with Gasteiger partial charge in [0.25, 0.3) is 0 Å². The summed E-state index contributed by atoms with van der Waals surface area (Å²) in [6.07, 6.45) is 7.28. The van der Waals surface area contributed by atoms with E-state index in [0.717, 1.165) is 52.4 Å². The van der Waals surface area contributed by atoms with Crippen LogP contribution in [0.4, 0.5) is 5.82 Å². The Kier molecular flexibility index (Phi) is 3.93. The van der Waals surface area contributed by atoms with E-state index in [0.29, 0.717) is 11.5 Å². The molecule has 5 aromatic heterocycles. The third-order valence-corrected chi connectivity index (χ3v) is 5.60. The Balaban J connectivity index is 1.47. The van der Waals surface area contributed by atoms with Gasteiger partial charge in [0, 0.05) is 25.5 Å². The lowest BCUT2D eigenvalue weighted by molar-refractivity contribution is 0.574. The summed E-state index contributed by atoms with van der Waals surface area (Å²) in [6.45, 7) is 2.04. The molecule has 148 valence electrons. The molecule has 30 heavy (non-hydrogen) atoms. The normalized spacial score (nSPS) is 14.6. The molecule has 6 heterocycles. The molecule has 8 nitrogen and oxygen atoms in total. The zero-order chi connectivity index (χ0) is 19.9. The lowest BCUT2D eigenvalue weighted by atomic mass is 10.1. The standard InChI is InChI=1S/C22H20N8/c1-4-12-30(13-5-1)22-19-16(9-11-24-22)26-21(27-19)20-18-17(28-29-20)8-7-15(25-18)14-6-2-3-10-23-14/h2-3,6-11H,1,4-5,12-13H2,(H,26,27)(H,28,29). The van der Waals surface area contributed by atoms with Crippen molar-refractivity contribution in [3.8, 4) is 22.9 Å². The second-order valence-electron chi connectivity index (χ2n) is 7.54. The highest BCUT2D eigenvalue weighted by Crippen LogP contribution is 2.30. The summed E-state index contributed by atoms with van der Waals surface area (Å²) in [5.74, 6) is 1.63. The SMILES string of the molecule is c1ccc(-c2ccc3[nH]nc(-c4nc5c(N6CCCCC6)nccc5[nH]4)c3n2)nc1. The van der Waals surface area contributed by atoms with E-state index in [1.165, 1.54) is 19.3 Å². The van der Waals surface area contributed by atoms with Crippen LogP contribution in [0.25, 0.3) is 45.0 Å². The molecule has 0 bridgehead atoms. The lowest BCUT2D eigenvalue weighted by Crippen LogP contribution is -2.30. The van der Waals surface area contributed by atoms with Gasteiger partial charge in [0.15, 0.2) is 17.3 Å². The van der Waals surface area contributed by atoms with E-state index in [2.05, 4.69) is 30.0 Å². The van der Waals surface area contributed by atoms with E-state index in [1.807, 2.05) is 42.6 Å². The number of nitrogens with zero attached hydrogens (tertiary/aromatic N) is 6. The van der Waals surface area contributed by atoms with Gasteiger partial charge in [-0.25, -0.2) is 15.0 Å². The van der Waals surface area contributed by atoms with E-state index in [-0.39, 0.29) is 0 Å². The first-order valence-corrected chi connectivity index (χ1v) is 10.2. The first-order chi connectivity index (χ1) is 14.9. The van der Waals surface area contributed by atoms with Crippen LogP contribution in [0.1, 0.15) is 19.3 Å². The van der Waals surface area contributed by atoms with Crippen LogP contribution >= 0.6 is 0 Å². The van der Waals surface area contributed by atoms with Crippen molar-refractivity contribution < 1.29 is 0 Å². The quantitative estimate of drug-likeness (QED) is 0.479. The maximum atomic E-state index is 4.89. The number of aromatic amines is 2. The molecular weight excluding hydrogens is 376 g/mol. The van der Waals surface area contributed by atoms with Crippen molar-refractivity contribution in [2.45, 2.75) is 19.3 Å². The molecule has 8 heteroatoms. The van der Waals surface area contributed by atoms with Crippen molar-refractivity contribution in [2.75, 3.05) is 18.0 Å². The van der Waals surface area contributed by atoms with E-state index in [9.17, 15) is 0 Å². The van der Waals surface area contributed by atoms with Gasteiger partial charge in [0.1, 0.15) is 11.0 Å². The smallest absolute Gasteiger partial charge is 0.161 e. The van der Waals surface area contributed by atoms with Gasteiger partial charge in [-0.15, -0.1) is 0 Å². The topological polar surface area (TPSA) is 99.3 Å². The van der Waals surface area contributed by atoms with Crippen molar-refractivity contribution in [3.63, 3.8) is 0 Å². The zero-order valence-electron chi connectivity index (χ0n) is 16.3. The fourth-order valence-corrected chi connectivity index (χ4v) is 4.09. The largest absolute Gasteiger partial charge is 0.355 e. The molecule has 0 aromatic carbocycles. The van der Waals surface area contributed by atoms with E-state index in [1.54, 1.807) is 6.20 Å². The van der Waals surface area contributed by atoms with Crippen molar-refractivity contribution in [2.24, 2.45) is 0 Å². The molecule has 0 spiro atoms. The van der Waals surface area contributed by atoms with Gasteiger partial charge in [0.05, 0.1) is 22.4 Å². The molecule has 1 fully saturated rings. The molecule has 1 saturated heterocycles.